The van der Waals surface area contributed by atoms with Crippen LogP contribution in [0.25, 0.3) is 0 Å². The number of amides is 1. The fourth-order valence-corrected chi connectivity index (χ4v) is 1.43. The van der Waals surface area contributed by atoms with Gasteiger partial charge in [0, 0.05) is 5.56 Å². The van der Waals surface area contributed by atoms with Crippen LogP contribution in [0.1, 0.15) is 37.6 Å². The first kappa shape index (κ1) is 15.2. The van der Waals surface area contributed by atoms with Crippen LogP contribution in [0, 0.1) is 0 Å². The fraction of sp³-hybridized carbons (Fsp3) is 0.429. The van der Waals surface area contributed by atoms with E-state index in [0.29, 0.717) is 18.6 Å². The molecule has 0 aliphatic heterocycles. The van der Waals surface area contributed by atoms with Gasteiger partial charge in [-0.1, -0.05) is 25.1 Å². The van der Waals surface area contributed by atoms with Crippen molar-refractivity contribution in [3.63, 3.8) is 0 Å². The summed E-state index contributed by atoms with van der Waals surface area (Å²) < 4.78 is 4.98. The summed E-state index contributed by atoms with van der Waals surface area (Å²) in [6.45, 7) is 5.59. The molecule has 0 radical (unpaired) electrons. The molecule has 5 heteroatoms. The van der Waals surface area contributed by atoms with Gasteiger partial charge in [0.05, 0.1) is 6.61 Å². The van der Waals surface area contributed by atoms with Gasteiger partial charge in [-0.2, -0.15) is 0 Å². The minimum Gasteiger partial charge on any atom is -0.465 e. The lowest BCUT2D eigenvalue weighted by molar-refractivity contribution is -0.151. The summed E-state index contributed by atoms with van der Waals surface area (Å²) in [6.07, 6.45) is 0.501. The van der Waals surface area contributed by atoms with Gasteiger partial charge in [0.25, 0.3) is 5.91 Å². The molecule has 104 valence electrons. The number of hydrazine groups is 1. The van der Waals surface area contributed by atoms with E-state index in [9.17, 15) is 9.59 Å². The minimum absolute atomic E-state index is 0.287. The van der Waals surface area contributed by atoms with E-state index in [0.717, 1.165) is 0 Å². The van der Waals surface area contributed by atoms with Gasteiger partial charge in [-0.25, -0.2) is 10.2 Å². The SMILES string of the molecule is CCOC(=O)C(C)(CC)NNC(=O)c1ccccc1. The van der Waals surface area contributed by atoms with Crippen molar-refractivity contribution in [2.24, 2.45) is 0 Å². The maximum Gasteiger partial charge on any atom is 0.327 e. The van der Waals surface area contributed by atoms with Gasteiger partial charge < -0.3 is 4.74 Å². The molecule has 0 aromatic heterocycles. The van der Waals surface area contributed by atoms with Crippen LogP contribution in [-0.2, 0) is 9.53 Å². The Labute approximate surface area is 113 Å². The van der Waals surface area contributed by atoms with Gasteiger partial charge in [0.15, 0.2) is 0 Å². The number of carbonyl (C=O) groups is 2. The summed E-state index contributed by atoms with van der Waals surface area (Å²) in [7, 11) is 0. The lowest BCUT2D eigenvalue weighted by Gasteiger charge is -2.27. The van der Waals surface area contributed by atoms with E-state index in [4.69, 9.17) is 4.74 Å². The molecule has 1 rings (SSSR count). The van der Waals surface area contributed by atoms with E-state index in [-0.39, 0.29) is 11.9 Å². The first-order valence-electron chi connectivity index (χ1n) is 6.33. The zero-order valence-corrected chi connectivity index (χ0v) is 11.5. The molecule has 19 heavy (non-hydrogen) atoms. The summed E-state index contributed by atoms with van der Waals surface area (Å²) in [5.41, 5.74) is 4.89. The van der Waals surface area contributed by atoms with Crippen molar-refractivity contribution in [2.45, 2.75) is 32.7 Å². The molecule has 0 spiro atoms. The maximum absolute atomic E-state index is 11.9. The average molecular weight is 264 g/mol. The summed E-state index contributed by atoms with van der Waals surface area (Å²) in [4.78, 5) is 23.7. The van der Waals surface area contributed by atoms with E-state index in [1.165, 1.54) is 0 Å². The molecular weight excluding hydrogens is 244 g/mol. The normalized spacial score (nSPS) is 13.4. The molecule has 0 bridgehead atoms. The van der Waals surface area contributed by atoms with E-state index in [1.807, 2.05) is 13.0 Å². The number of hydrogen-bond donors (Lipinski definition) is 2. The molecule has 0 fully saturated rings. The second-order valence-corrected chi connectivity index (χ2v) is 4.35. The van der Waals surface area contributed by atoms with Crippen LogP contribution in [0.15, 0.2) is 30.3 Å². The van der Waals surface area contributed by atoms with Gasteiger partial charge in [-0.3, -0.25) is 10.2 Å². The molecule has 1 aromatic rings. The smallest absolute Gasteiger partial charge is 0.327 e. The zero-order valence-electron chi connectivity index (χ0n) is 11.5. The molecule has 0 saturated heterocycles. The molecule has 1 aromatic carbocycles. The van der Waals surface area contributed by atoms with Crippen LogP contribution < -0.4 is 10.9 Å². The van der Waals surface area contributed by atoms with Crippen molar-refractivity contribution in [1.29, 1.82) is 0 Å². The largest absolute Gasteiger partial charge is 0.465 e. The monoisotopic (exact) mass is 264 g/mol. The Kier molecular flexibility index (Phi) is 5.51. The Balaban J connectivity index is 2.63. The van der Waals surface area contributed by atoms with Gasteiger partial charge in [0.2, 0.25) is 0 Å². The van der Waals surface area contributed by atoms with E-state index < -0.39 is 5.54 Å². The molecule has 0 saturated carbocycles. The fourth-order valence-electron chi connectivity index (χ4n) is 1.43. The van der Waals surface area contributed by atoms with Crippen molar-refractivity contribution >= 4 is 11.9 Å². The highest BCUT2D eigenvalue weighted by Crippen LogP contribution is 2.10. The van der Waals surface area contributed by atoms with Gasteiger partial charge >= 0.3 is 5.97 Å². The summed E-state index contributed by atoms with van der Waals surface area (Å²) in [6, 6.07) is 8.78. The quantitative estimate of drug-likeness (QED) is 0.605. The number of nitrogens with one attached hydrogen (secondary N) is 2. The molecular formula is C14H20N2O3. The van der Waals surface area contributed by atoms with Crippen LogP contribution in [-0.4, -0.2) is 24.0 Å². The second kappa shape index (κ2) is 6.89. The van der Waals surface area contributed by atoms with Crippen LogP contribution in [0.2, 0.25) is 0 Å². The minimum atomic E-state index is -0.930. The van der Waals surface area contributed by atoms with Crippen LogP contribution >= 0.6 is 0 Å². The third-order valence-electron chi connectivity index (χ3n) is 2.92. The van der Waals surface area contributed by atoms with Crippen molar-refractivity contribution in [1.82, 2.24) is 10.9 Å². The van der Waals surface area contributed by atoms with E-state index in [1.54, 1.807) is 38.1 Å². The zero-order chi connectivity index (χ0) is 14.3. The predicted octanol–water partition coefficient (Wildman–Crippen LogP) is 1.65. The predicted molar refractivity (Wildman–Crippen MR) is 72.4 cm³/mol. The van der Waals surface area contributed by atoms with Crippen LogP contribution in [0.3, 0.4) is 0 Å². The van der Waals surface area contributed by atoms with Crippen molar-refractivity contribution in [3.05, 3.63) is 35.9 Å². The standard InChI is InChI=1S/C14H20N2O3/c1-4-14(3,13(18)19-5-2)16-15-12(17)11-9-7-6-8-10-11/h6-10,16H,4-5H2,1-3H3,(H,15,17). The lowest BCUT2D eigenvalue weighted by atomic mass is 10.0. The highest BCUT2D eigenvalue weighted by atomic mass is 16.5. The molecule has 0 aliphatic rings. The highest BCUT2D eigenvalue weighted by molar-refractivity contribution is 5.94. The second-order valence-electron chi connectivity index (χ2n) is 4.35. The molecule has 1 atom stereocenters. The Morgan fingerprint density at radius 1 is 1.21 bits per heavy atom. The third kappa shape index (κ3) is 4.06. The van der Waals surface area contributed by atoms with Gasteiger partial charge in [-0.05, 0) is 32.4 Å². The third-order valence-corrected chi connectivity index (χ3v) is 2.92. The lowest BCUT2D eigenvalue weighted by Crippen LogP contribution is -2.57. The van der Waals surface area contributed by atoms with Crippen molar-refractivity contribution < 1.29 is 14.3 Å². The summed E-state index contributed by atoms with van der Waals surface area (Å²) in [5, 5.41) is 0. The van der Waals surface area contributed by atoms with Gasteiger partial charge in [-0.15, -0.1) is 0 Å². The number of rotatable bonds is 6. The number of esters is 1. The number of benzene rings is 1. The Hall–Kier alpha value is -1.88. The highest BCUT2D eigenvalue weighted by Gasteiger charge is 2.33. The first-order chi connectivity index (χ1) is 9.03. The Bertz CT molecular complexity index is 434. The topological polar surface area (TPSA) is 67.4 Å². The molecule has 5 nitrogen and oxygen atoms in total. The Morgan fingerprint density at radius 2 is 1.84 bits per heavy atom. The van der Waals surface area contributed by atoms with Crippen molar-refractivity contribution in [2.75, 3.05) is 6.61 Å². The summed E-state index contributed by atoms with van der Waals surface area (Å²) in [5.74, 6) is -0.671. The molecule has 0 heterocycles. The number of carbonyl (C=O) groups excluding carboxylic acids is 2. The van der Waals surface area contributed by atoms with Crippen molar-refractivity contribution in [3.8, 4) is 0 Å². The van der Waals surface area contributed by atoms with E-state index in [2.05, 4.69) is 10.9 Å². The molecule has 0 aliphatic carbocycles. The van der Waals surface area contributed by atoms with Crippen LogP contribution in [0.5, 0.6) is 0 Å². The molecule has 2 N–H and O–H groups in total. The number of ether oxygens (including phenoxy) is 1. The first-order valence-corrected chi connectivity index (χ1v) is 6.33. The molecule has 1 unspecified atom stereocenters. The van der Waals surface area contributed by atoms with E-state index >= 15 is 0 Å². The maximum atomic E-state index is 11.9. The van der Waals surface area contributed by atoms with Gasteiger partial charge in [0.1, 0.15) is 5.54 Å². The Morgan fingerprint density at radius 3 is 2.37 bits per heavy atom. The average Bonchev–Trinajstić information content (AvgIpc) is 2.45. The summed E-state index contributed by atoms with van der Waals surface area (Å²) >= 11 is 0. The molecule has 1 amide bonds. The van der Waals surface area contributed by atoms with Crippen LogP contribution in [0.4, 0.5) is 0 Å². The number of hydrogen-bond acceptors (Lipinski definition) is 4.